The number of hydrogen-bond acceptors (Lipinski definition) is 4. The number of rotatable bonds is 9. The van der Waals surface area contributed by atoms with Crippen molar-refractivity contribution >= 4 is 5.91 Å². The third-order valence-electron chi connectivity index (χ3n) is 4.03. The van der Waals surface area contributed by atoms with Crippen LogP contribution in [0.3, 0.4) is 0 Å². The number of methoxy groups -OCH3 is 1. The van der Waals surface area contributed by atoms with E-state index in [0.717, 1.165) is 17.5 Å². The minimum absolute atomic E-state index is 0.0837. The summed E-state index contributed by atoms with van der Waals surface area (Å²) in [5, 5.41) is 8.85. The van der Waals surface area contributed by atoms with Gasteiger partial charge in [-0.15, -0.1) is 0 Å². The van der Waals surface area contributed by atoms with Crippen molar-refractivity contribution in [2.24, 2.45) is 0 Å². The smallest absolute Gasteiger partial charge is 0.260 e. The minimum atomic E-state index is -0.140. The first-order valence-electron chi connectivity index (χ1n) is 8.60. The predicted octanol–water partition coefficient (Wildman–Crippen LogP) is 3.37. The zero-order chi connectivity index (χ0) is 18.8. The highest BCUT2D eigenvalue weighted by atomic mass is 16.5. The van der Waals surface area contributed by atoms with Gasteiger partial charge in [0.05, 0.1) is 19.6 Å². The highest BCUT2D eigenvalue weighted by Gasteiger charge is 2.15. The van der Waals surface area contributed by atoms with Gasteiger partial charge in [-0.3, -0.25) is 4.79 Å². The summed E-state index contributed by atoms with van der Waals surface area (Å²) >= 11 is 0. The Hall–Kier alpha value is -3.00. The van der Waals surface area contributed by atoms with Crippen LogP contribution in [0.2, 0.25) is 0 Å². The van der Waals surface area contributed by atoms with Crippen molar-refractivity contribution < 1.29 is 14.3 Å². The van der Waals surface area contributed by atoms with Crippen molar-refractivity contribution in [3.63, 3.8) is 0 Å². The summed E-state index contributed by atoms with van der Waals surface area (Å²) < 4.78 is 11.0. The van der Waals surface area contributed by atoms with E-state index < -0.39 is 0 Å². The van der Waals surface area contributed by atoms with Crippen molar-refractivity contribution in [2.75, 3.05) is 26.8 Å². The van der Waals surface area contributed by atoms with E-state index in [4.69, 9.17) is 14.7 Å². The maximum atomic E-state index is 12.6. The molecule has 0 unspecified atom stereocenters. The van der Waals surface area contributed by atoms with Crippen LogP contribution < -0.4 is 9.47 Å². The molecule has 5 nitrogen and oxygen atoms in total. The molecular weight excluding hydrogens is 328 g/mol. The predicted molar refractivity (Wildman–Crippen MR) is 100 cm³/mol. The molecule has 2 aromatic rings. The van der Waals surface area contributed by atoms with Crippen LogP contribution in [0.25, 0.3) is 0 Å². The van der Waals surface area contributed by atoms with Gasteiger partial charge < -0.3 is 14.4 Å². The fourth-order valence-electron chi connectivity index (χ4n) is 2.58. The van der Waals surface area contributed by atoms with E-state index in [-0.39, 0.29) is 12.5 Å². The molecule has 136 valence electrons. The first-order valence-corrected chi connectivity index (χ1v) is 8.60. The lowest BCUT2D eigenvalue weighted by molar-refractivity contribution is -0.133. The zero-order valence-corrected chi connectivity index (χ0v) is 15.3. The molecule has 0 heterocycles. The molecular formula is C21H24N2O3. The summed E-state index contributed by atoms with van der Waals surface area (Å²) in [6, 6.07) is 17.6. The fraction of sp³-hybridized carbons (Fsp3) is 0.333. The van der Waals surface area contributed by atoms with Crippen LogP contribution in [0.1, 0.15) is 17.5 Å². The number of benzene rings is 2. The Balaban J connectivity index is 1.96. The number of amides is 1. The number of aryl methyl sites for hydroxylation is 1. The first-order chi connectivity index (χ1) is 12.6. The van der Waals surface area contributed by atoms with E-state index in [2.05, 4.69) is 6.07 Å². The summed E-state index contributed by atoms with van der Waals surface area (Å²) in [6.07, 6.45) is 1.04. The van der Waals surface area contributed by atoms with Crippen molar-refractivity contribution in [1.82, 2.24) is 4.90 Å². The summed E-state index contributed by atoms with van der Waals surface area (Å²) in [7, 11) is 1.57. The molecule has 0 N–H and O–H groups in total. The second kappa shape index (κ2) is 10.1. The van der Waals surface area contributed by atoms with Gasteiger partial charge in [0.15, 0.2) is 18.1 Å². The van der Waals surface area contributed by atoms with Gasteiger partial charge in [-0.1, -0.05) is 36.4 Å². The van der Waals surface area contributed by atoms with Crippen LogP contribution in [0.5, 0.6) is 11.5 Å². The maximum Gasteiger partial charge on any atom is 0.260 e. The lowest BCUT2D eigenvalue weighted by Gasteiger charge is -2.22. The van der Waals surface area contributed by atoms with Crippen LogP contribution in [0.4, 0.5) is 0 Å². The normalized spacial score (nSPS) is 10.0. The van der Waals surface area contributed by atoms with Gasteiger partial charge in [-0.25, -0.2) is 0 Å². The molecule has 0 aliphatic carbocycles. The number of nitriles is 1. The molecule has 0 spiro atoms. The molecule has 0 radical (unpaired) electrons. The average Bonchev–Trinajstić information content (AvgIpc) is 2.67. The van der Waals surface area contributed by atoms with Gasteiger partial charge >= 0.3 is 0 Å². The summed E-state index contributed by atoms with van der Waals surface area (Å²) in [6.45, 7) is 2.83. The van der Waals surface area contributed by atoms with Crippen molar-refractivity contribution in [1.29, 1.82) is 5.26 Å². The SMILES string of the molecule is COc1cc(C)ccc1OCC(=O)N(CCC#N)CCc1ccccc1. The molecule has 0 saturated carbocycles. The van der Waals surface area contributed by atoms with E-state index in [1.807, 2.05) is 49.4 Å². The van der Waals surface area contributed by atoms with E-state index in [1.165, 1.54) is 0 Å². The van der Waals surface area contributed by atoms with Gasteiger partial charge in [0.1, 0.15) is 0 Å². The summed E-state index contributed by atoms with van der Waals surface area (Å²) in [5.74, 6) is 0.999. The molecule has 0 aliphatic rings. The molecule has 5 heteroatoms. The minimum Gasteiger partial charge on any atom is -0.493 e. The van der Waals surface area contributed by atoms with Gasteiger partial charge in [0.2, 0.25) is 0 Å². The Bertz CT molecular complexity index is 754. The van der Waals surface area contributed by atoms with Gasteiger partial charge in [-0.2, -0.15) is 5.26 Å². The molecule has 0 bridgehead atoms. The van der Waals surface area contributed by atoms with Gasteiger partial charge in [-0.05, 0) is 36.6 Å². The lowest BCUT2D eigenvalue weighted by atomic mass is 10.1. The summed E-state index contributed by atoms with van der Waals surface area (Å²) in [5.41, 5.74) is 2.21. The monoisotopic (exact) mass is 352 g/mol. The largest absolute Gasteiger partial charge is 0.493 e. The maximum absolute atomic E-state index is 12.6. The average molecular weight is 352 g/mol. The van der Waals surface area contributed by atoms with Crippen molar-refractivity contribution in [3.8, 4) is 17.6 Å². The molecule has 2 aromatic carbocycles. The highest BCUT2D eigenvalue weighted by Crippen LogP contribution is 2.27. The number of nitrogens with zero attached hydrogens (tertiary/aromatic N) is 2. The molecule has 1 amide bonds. The third-order valence-corrected chi connectivity index (χ3v) is 4.03. The number of carbonyl (C=O) groups excluding carboxylic acids is 1. The Morgan fingerprint density at radius 3 is 2.58 bits per heavy atom. The molecule has 0 fully saturated rings. The van der Waals surface area contributed by atoms with E-state index in [1.54, 1.807) is 18.1 Å². The highest BCUT2D eigenvalue weighted by molar-refractivity contribution is 5.78. The molecule has 0 atom stereocenters. The van der Waals surface area contributed by atoms with Gasteiger partial charge in [0.25, 0.3) is 5.91 Å². The molecule has 26 heavy (non-hydrogen) atoms. The van der Waals surface area contributed by atoms with Crippen molar-refractivity contribution in [3.05, 3.63) is 59.7 Å². The van der Waals surface area contributed by atoms with Crippen LogP contribution in [0.15, 0.2) is 48.5 Å². The zero-order valence-electron chi connectivity index (χ0n) is 15.3. The van der Waals surface area contributed by atoms with Gasteiger partial charge in [0, 0.05) is 13.1 Å². The quantitative estimate of drug-likeness (QED) is 0.694. The Morgan fingerprint density at radius 1 is 1.12 bits per heavy atom. The van der Waals surface area contributed by atoms with Crippen LogP contribution >= 0.6 is 0 Å². The van der Waals surface area contributed by atoms with Crippen LogP contribution in [-0.2, 0) is 11.2 Å². The lowest BCUT2D eigenvalue weighted by Crippen LogP contribution is -2.37. The van der Waals surface area contributed by atoms with E-state index in [0.29, 0.717) is 31.0 Å². The Labute approximate surface area is 154 Å². The van der Waals surface area contributed by atoms with E-state index >= 15 is 0 Å². The number of hydrogen-bond donors (Lipinski definition) is 0. The Kier molecular flexibility index (Phi) is 7.50. The molecule has 0 saturated heterocycles. The summed E-state index contributed by atoms with van der Waals surface area (Å²) in [4.78, 5) is 14.2. The molecule has 0 aliphatic heterocycles. The fourth-order valence-corrected chi connectivity index (χ4v) is 2.58. The number of ether oxygens (including phenoxy) is 2. The topological polar surface area (TPSA) is 62.6 Å². The van der Waals surface area contributed by atoms with Crippen molar-refractivity contribution in [2.45, 2.75) is 19.8 Å². The molecule has 0 aromatic heterocycles. The first kappa shape index (κ1) is 19.3. The van der Waals surface area contributed by atoms with E-state index in [9.17, 15) is 4.79 Å². The second-order valence-corrected chi connectivity index (χ2v) is 5.97. The second-order valence-electron chi connectivity index (χ2n) is 5.97. The van der Waals surface area contributed by atoms with Crippen LogP contribution in [0, 0.1) is 18.3 Å². The standard InChI is InChI=1S/C21H24N2O3/c1-17-9-10-19(20(15-17)25-2)26-16-21(24)23(13-6-12-22)14-11-18-7-4-3-5-8-18/h3-5,7-10,15H,6,11,13-14,16H2,1-2H3. The van der Waals surface area contributed by atoms with Crippen LogP contribution in [-0.4, -0.2) is 37.6 Å². The Morgan fingerprint density at radius 2 is 1.88 bits per heavy atom. The third kappa shape index (κ3) is 5.82. The number of carbonyl (C=O) groups is 1. The molecule has 2 rings (SSSR count).